The van der Waals surface area contributed by atoms with Crippen molar-refractivity contribution in [3.8, 4) is 0 Å². The van der Waals surface area contributed by atoms with Crippen molar-refractivity contribution in [3.05, 3.63) is 17.8 Å². The third-order valence-corrected chi connectivity index (χ3v) is 3.72. The van der Waals surface area contributed by atoms with E-state index in [1.54, 1.807) is 12.3 Å². The summed E-state index contributed by atoms with van der Waals surface area (Å²) in [5.41, 5.74) is 6.51. The zero-order chi connectivity index (χ0) is 14.5. The van der Waals surface area contributed by atoms with Gasteiger partial charge in [0.15, 0.2) is 0 Å². The molecule has 0 saturated carbocycles. The van der Waals surface area contributed by atoms with Crippen LogP contribution in [-0.2, 0) is 4.74 Å². The number of aromatic nitrogens is 1. The maximum atomic E-state index is 11.7. The third-order valence-electron chi connectivity index (χ3n) is 3.72. The SMILES string of the molecule is CCN1CCCC1CNc1ncc(N)cc1C(=O)OC. The summed E-state index contributed by atoms with van der Waals surface area (Å²) in [4.78, 5) is 18.4. The van der Waals surface area contributed by atoms with E-state index in [0.717, 1.165) is 19.6 Å². The van der Waals surface area contributed by atoms with Gasteiger partial charge in [0.1, 0.15) is 11.4 Å². The van der Waals surface area contributed by atoms with Crippen LogP contribution in [0.3, 0.4) is 0 Å². The summed E-state index contributed by atoms with van der Waals surface area (Å²) >= 11 is 0. The molecule has 1 atom stereocenters. The lowest BCUT2D eigenvalue weighted by Crippen LogP contribution is -2.35. The fraction of sp³-hybridized carbons (Fsp3) is 0.571. The number of nitrogens with one attached hydrogen (secondary N) is 1. The van der Waals surface area contributed by atoms with Gasteiger partial charge in [0, 0.05) is 12.6 Å². The van der Waals surface area contributed by atoms with Crippen molar-refractivity contribution in [1.29, 1.82) is 0 Å². The van der Waals surface area contributed by atoms with Crippen LogP contribution in [0.5, 0.6) is 0 Å². The van der Waals surface area contributed by atoms with Crippen LogP contribution in [0.2, 0.25) is 0 Å². The first kappa shape index (κ1) is 14.6. The summed E-state index contributed by atoms with van der Waals surface area (Å²) in [5.74, 6) is 0.111. The third kappa shape index (κ3) is 3.19. The first-order chi connectivity index (χ1) is 9.65. The molecule has 0 aromatic carbocycles. The van der Waals surface area contributed by atoms with Gasteiger partial charge in [0.2, 0.25) is 0 Å². The molecule has 6 nitrogen and oxygen atoms in total. The summed E-state index contributed by atoms with van der Waals surface area (Å²) in [6.45, 7) is 5.13. The van der Waals surface area contributed by atoms with Crippen molar-refractivity contribution in [2.24, 2.45) is 0 Å². The molecule has 0 amide bonds. The highest BCUT2D eigenvalue weighted by molar-refractivity contribution is 5.95. The fourth-order valence-electron chi connectivity index (χ4n) is 2.64. The second kappa shape index (κ2) is 6.56. The Morgan fingerprint density at radius 2 is 2.45 bits per heavy atom. The van der Waals surface area contributed by atoms with Gasteiger partial charge in [-0.25, -0.2) is 9.78 Å². The van der Waals surface area contributed by atoms with Crippen LogP contribution >= 0.6 is 0 Å². The Morgan fingerprint density at radius 1 is 1.65 bits per heavy atom. The van der Waals surface area contributed by atoms with Gasteiger partial charge >= 0.3 is 5.97 Å². The van der Waals surface area contributed by atoms with Crippen molar-refractivity contribution in [2.45, 2.75) is 25.8 Å². The zero-order valence-corrected chi connectivity index (χ0v) is 12.1. The minimum atomic E-state index is -0.425. The van der Waals surface area contributed by atoms with E-state index < -0.39 is 5.97 Å². The lowest BCUT2D eigenvalue weighted by atomic mass is 10.2. The maximum absolute atomic E-state index is 11.7. The number of ether oxygens (including phenoxy) is 1. The van der Waals surface area contributed by atoms with Crippen LogP contribution in [0, 0.1) is 0 Å². The number of pyridine rings is 1. The fourth-order valence-corrected chi connectivity index (χ4v) is 2.64. The smallest absolute Gasteiger partial charge is 0.341 e. The van der Waals surface area contributed by atoms with Gasteiger partial charge in [0.25, 0.3) is 0 Å². The van der Waals surface area contributed by atoms with Gasteiger partial charge in [-0.2, -0.15) is 0 Å². The standard InChI is InChI=1S/C14H22N4O2/c1-3-18-6-4-5-11(18)9-17-13-12(14(19)20-2)7-10(15)8-16-13/h7-8,11H,3-6,9,15H2,1-2H3,(H,16,17). The summed E-state index contributed by atoms with van der Waals surface area (Å²) in [7, 11) is 1.35. The van der Waals surface area contributed by atoms with Crippen molar-refractivity contribution in [2.75, 3.05) is 37.8 Å². The lowest BCUT2D eigenvalue weighted by Gasteiger charge is -2.23. The molecule has 2 heterocycles. The van der Waals surface area contributed by atoms with Crippen LogP contribution in [0.25, 0.3) is 0 Å². The van der Waals surface area contributed by atoms with Gasteiger partial charge < -0.3 is 15.8 Å². The Labute approximate surface area is 119 Å². The minimum absolute atomic E-state index is 0.383. The Bertz CT molecular complexity index is 478. The number of hydrogen-bond donors (Lipinski definition) is 2. The second-order valence-corrected chi connectivity index (χ2v) is 4.96. The lowest BCUT2D eigenvalue weighted by molar-refractivity contribution is 0.0601. The van der Waals surface area contributed by atoms with E-state index in [1.807, 2.05) is 0 Å². The molecule has 110 valence electrons. The summed E-state index contributed by atoms with van der Waals surface area (Å²) in [6, 6.07) is 2.08. The highest BCUT2D eigenvalue weighted by Gasteiger charge is 2.23. The number of carbonyl (C=O) groups excluding carboxylic acids is 1. The average molecular weight is 278 g/mol. The number of likely N-dealkylation sites (tertiary alicyclic amines) is 1. The van der Waals surface area contributed by atoms with Gasteiger partial charge in [-0.3, -0.25) is 4.90 Å². The summed E-state index contributed by atoms with van der Waals surface area (Å²) in [5, 5.41) is 3.25. The Balaban J connectivity index is 2.07. The van der Waals surface area contributed by atoms with Gasteiger partial charge in [0.05, 0.1) is 19.0 Å². The van der Waals surface area contributed by atoms with Crippen molar-refractivity contribution in [1.82, 2.24) is 9.88 Å². The molecule has 1 unspecified atom stereocenters. The minimum Gasteiger partial charge on any atom is -0.465 e. The van der Waals surface area contributed by atoms with Crippen LogP contribution in [0.15, 0.2) is 12.3 Å². The molecule has 0 bridgehead atoms. The summed E-state index contributed by atoms with van der Waals surface area (Å²) < 4.78 is 4.76. The topological polar surface area (TPSA) is 80.5 Å². The van der Waals surface area contributed by atoms with E-state index in [2.05, 4.69) is 22.1 Å². The van der Waals surface area contributed by atoms with E-state index in [0.29, 0.717) is 23.1 Å². The quantitative estimate of drug-likeness (QED) is 0.791. The number of esters is 1. The number of anilines is 2. The molecule has 3 N–H and O–H groups in total. The van der Waals surface area contributed by atoms with E-state index in [9.17, 15) is 4.79 Å². The predicted molar refractivity (Wildman–Crippen MR) is 78.7 cm³/mol. The molecule has 1 aliphatic rings. The number of carbonyl (C=O) groups is 1. The molecule has 0 spiro atoms. The number of hydrogen-bond acceptors (Lipinski definition) is 6. The normalized spacial score (nSPS) is 19.0. The molecule has 1 aliphatic heterocycles. The van der Waals surface area contributed by atoms with E-state index in [1.165, 1.54) is 20.0 Å². The molecular weight excluding hydrogens is 256 g/mol. The number of likely N-dealkylation sites (N-methyl/N-ethyl adjacent to an activating group) is 1. The van der Waals surface area contributed by atoms with Crippen LogP contribution in [0.1, 0.15) is 30.1 Å². The Hall–Kier alpha value is -1.82. The molecule has 0 radical (unpaired) electrons. The molecule has 1 saturated heterocycles. The van der Waals surface area contributed by atoms with Gasteiger partial charge in [-0.05, 0) is 32.0 Å². The van der Waals surface area contributed by atoms with E-state index in [4.69, 9.17) is 10.5 Å². The highest BCUT2D eigenvalue weighted by atomic mass is 16.5. The first-order valence-corrected chi connectivity index (χ1v) is 6.97. The average Bonchev–Trinajstić information content (AvgIpc) is 2.92. The number of rotatable bonds is 5. The molecular formula is C14H22N4O2. The maximum Gasteiger partial charge on any atom is 0.341 e. The molecule has 20 heavy (non-hydrogen) atoms. The molecule has 6 heteroatoms. The Morgan fingerprint density at radius 3 is 3.15 bits per heavy atom. The van der Waals surface area contributed by atoms with E-state index in [-0.39, 0.29) is 0 Å². The molecule has 2 rings (SSSR count). The highest BCUT2D eigenvalue weighted by Crippen LogP contribution is 2.20. The van der Waals surface area contributed by atoms with Crippen LogP contribution in [0.4, 0.5) is 11.5 Å². The van der Waals surface area contributed by atoms with Crippen LogP contribution in [-0.4, -0.2) is 48.6 Å². The molecule has 1 aromatic heterocycles. The van der Waals surface area contributed by atoms with Crippen molar-refractivity contribution >= 4 is 17.5 Å². The molecule has 1 fully saturated rings. The monoisotopic (exact) mass is 278 g/mol. The van der Waals surface area contributed by atoms with Crippen molar-refractivity contribution in [3.63, 3.8) is 0 Å². The number of nitrogen functional groups attached to an aromatic ring is 1. The van der Waals surface area contributed by atoms with Crippen molar-refractivity contribution < 1.29 is 9.53 Å². The Kier molecular flexibility index (Phi) is 4.79. The number of nitrogens with two attached hydrogens (primary N) is 1. The van der Waals surface area contributed by atoms with E-state index >= 15 is 0 Å². The van der Waals surface area contributed by atoms with Gasteiger partial charge in [-0.15, -0.1) is 0 Å². The van der Waals surface area contributed by atoms with Crippen LogP contribution < -0.4 is 11.1 Å². The number of nitrogens with zero attached hydrogens (tertiary/aromatic N) is 2. The first-order valence-electron chi connectivity index (χ1n) is 6.97. The van der Waals surface area contributed by atoms with Gasteiger partial charge in [-0.1, -0.05) is 6.92 Å². The summed E-state index contributed by atoms with van der Waals surface area (Å²) in [6.07, 6.45) is 3.93. The zero-order valence-electron chi connectivity index (χ0n) is 12.1. The molecule has 0 aliphatic carbocycles. The number of methoxy groups -OCH3 is 1. The largest absolute Gasteiger partial charge is 0.465 e. The predicted octanol–water partition coefficient (Wildman–Crippen LogP) is 1.35. The second-order valence-electron chi connectivity index (χ2n) is 4.96. The molecule has 1 aromatic rings.